The molecule has 1 unspecified atom stereocenters. The Labute approximate surface area is 177 Å². The topological polar surface area (TPSA) is 52.3 Å². The van der Waals surface area contributed by atoms with E-state index in [1.165, 1.54) is 23.5 Å². The molecule has 2 aromatic carbocycles. The first-order valence-corrected chi connectivity index (χ1v) is 10.3. The Morgan fingerprint density at radius 1 is 0.967 bits per heavy atom. The molecular formula is C23H22F3NO2S. The minimum atomic E-state index is -4.35. The highest BCUT2D eigenvalue weighted by atomic mass is 32.1. The number of hydrogen-bond donors (Lipinski definition) is 1. The lowest BCUT2D eigenvalue weighted by Gasteiger charge is -2.20. The number of carbonyl (C=O) groups excluding carboxylic acids is 1. The maximum Gasteiger partial charge on any atom is 0.416 e. The van der Waals surface area contributed by atoms with Crippen LogP contribution in [-0.2, 0) is 6.18 Å². The molecule has 0 saturated carbocycles. The average molecular weight is 433 g/mol. The Bertz CT molecular complexity index is 993. The first-order chi connectivity index (χ1) is 14.1. The van der Waals surface area contributed by atoms with Crippen molar-refractivity contribution in [3.8, 4) is 16.9 Å². The van der Waals surface area contributed by atoms with Gasteiger partial charge in [-0.05, 0) is 59.9 Å². The van der Waals surface area contributed by atoms with E-state index < -0.39 is 17.6 Å². The van der Waals surface area contributed by atoms with Gasteiger partial charge < -0.3 is 10.5 Å². The number of amides is 1. The van der Waals surface area contributed by atoms with E-state index in [0.717, 1.165) is 29.0 Å². The van der Waals surface area contributed by atoms with E-state index in [2.05, 4.69) is 13.8 Å². The van der Waals surface area contributed by atoms with Gasteiger partial charge in [0.25, 0.3) is 5.91 Å². The van der Waals surface area contributed by atoms with E-state index in [1.54, 1.807) is 18.2 Å². The highest BCUT2D eigenvalue weighted by molar-refractivity contribution is 7.14. The van der Waals surface area contributed by atoms with Gasteiger partial charge in [0.2, 0.25) is 0 Å². The van der Waals surface area contributed by atoms with Crippen LogP contribution < -0.4 is 10.5 Å². The van der Waals surface area contributed by atoms with Crippen LogP contribution in [0.15, 0.2) is 60.7 Å². The molecule has 0 spiro atoms. The molecule has 0 aliphatic heterocycles. The minimum absolute atomic E-state index is 0.222. The monoisotopic (exact) mass is 433 g/mol. The van der Waals surface area contributed by atoms with E-state index in [1.807, 2.05) is 18.2 Å². The Morgan fingerprint density at radius 3 is 2.00 bits per heavy atom. The second kappa shape index (κ2) is 8.92. The van der Waals surface area contributed by atoms with Crippen molar-refractivity contribution in [1.82, 2.24) is 0 Å². The molecule has 1 heterocycles. The standard InChI is InChI=1S/C23H22F3NO2S/c1-14(2)13-19(20-11-12-21(30-20)22(27)28)29-18-9-5-16(6-10-18)15-3-7-17(8-4-15)23(24,25)26/h3-12,14,19H,13H2,1-2H3,(H2,27,28). The van der Waals surface area contributed by atoms with E-state index in [-0.39, 0.29) is 6.10 Å². The highest BCUT2D eigenvalue weighted by Crippen LogP contribution is 2.34. The average Bonchev–Trinajstić information content (AvgIpc) is 3.18. The second-order valence-electron chi connectivity index (χ2n) is 7.40. The summed E-state index contributed by atoms with van der Waals surface area (Å²) in [7, 11) is 0. The molecular weight excluding hydrogens is 411 g/mol. The van der Waals surface area contributed by atoms with Gasteiger partial charge in [-0.2, -0.15) is 13.2 Å². The number of thiophene rings is 1. The summed E-state index contributed by atoms with van der Waals surface area (Å²) in [6.45, 7) is 4.18. The van der Waals surface area contributed by atoms with Gasteiger partial charge in [-0.25, -0.2) is 0 Å². The van der Waals surface area contributed by atoms with Crippen LogP contribution in [0.25, 0.3) is 11.1 Å². The zero-order valence-electron chi connectivity index (χ0n) is 16.6. The lowest BCUT2D eigenvalue weighted by atomic mass is 10.0. The van der Waals surface area contributed by atoms with Gasteiger partial charge in [0.1, 0.15) is 11.9 Å². The van der Waals surface area contributed by atoms with Crippen molar-refractivity contribution in [2.24, 2.45) is 11.7 Å². The van der Waals surface area contributed by atoms with Gasteiger partial charge >= 0.3 is 6.18 Å². The lowest BCUT2D eigenvalue weighted by Crippen LogP contribution is -2.10. The normalized spacial score (nSPS) is 12.7. The number of rotatable bonds is 7. The van der Waals surface area contributed by atoms with Crippen LogP contribution in [0, 0.1) is 5.92 Å². The molecule has 0 aliphatic carbocycles. The molecule has 30 heavy (non-hydrogen) atoms. The van der Waals surface area contributed by atoms with Crippen LogP contribution in [-0.4, -0.2) is 5.91 Å². The van der Waals surface area contributed by atoms with Gasteiger partial charge in [-0.15, -0.1) is 11.3 Å². The molecule has 1 amide bonds. The smallest absolute Gasteiger partial charge is 0.416 e. The van der Waals surface area contributed by atoms with Gasteiger partial charge in [0.15, 0.2) is 0 Å². The zero-order chi connectivity index (χ0) is 21.9. The van der Waals surface area contributed by atoms with Crippen LogP contribution in [0.3, 0.4) is 0 Å². The third kappa shape index (κ3) is 5.42. The number of halogens is 3. The van der Waals surface area contributed by atoms with Gasteiger partial charge in [0, 0.05) is 4.88 Å². The van der Waals surface area contributed by atoms with Crippen molar-refractivity contribution in [1.29, 1.82) is 0 Å². The molecule has 7 heteroatoms. The van der Waals surface area contributed by atoms with Crippen LogP contribution >= 0.6 is 11.3 Å². The molecule has 0 radical (unpaired) electrons. The molecule has 0 bridgehead atoms. The van der Waals surface area contributed by atoms with E-state index >= 15 is 0 Å². The number of hydrogen-bond acceptors (Lipinski definition) is 3. The molecule has 2 N–H and O–H groups in total. The summed E-state index contributed by atoms with van der Waals surface area (Å²) in [4.78, 5) is 12.8. The predicted octanol–water partition coefficient (Wildman–Crippen LogP) is 6.70. The van der Waals surface area contributed by atoms with Crippen molar-refractivity contribution in [2.75, 3.05) is 0 Å². The van der Waals surface area contributed by atoms with Crippen LogP contribution in [0.5, 0.6) is 5.75 Å². The van der Waals surface area contributed by atoms with Gasteiger partial charge in [-0.1, -0.05) is 38.1 Å². The number of alkyl halides is 3. The fourth-order valence-electron chi connectivity index (χ4n) is 3.05. The summed E-state index contributed by atoms with van der Waals surface area (Å²) in [6.07, 6.45) is -3.81. The van der Waals surface area contributed by atoms with Crippen molar-refractivity contribution in [3.63, 3.8) is 0 Å². The Balaban J connectivity index is 1.77. The molecule has 1 atom stereocenters. The van der Waals surface area contributed by atoms with Crippen LogP contribution in [0.4, 0.5) is 13.2 Å². The Morgan fingerprint density at radius 2 is 1.53 bits per heavy atom. The van der Waals surface area contributed by atoms with E-state index in [0.29, 0.717) is 22.1 Å². The Hall–Kier alpha value is -2.80. The maximum absolute atomic E-state index is 12.7. The summed E-state index contributed by atoms with van der Waals surface area (Å²) in [5.41, 5.74) is 6.17. The molecule has 158 valence electrons. The largest absolute Gasteiger partial charge is 0.485 e. The third-order valence-electron chi connectivity index (χ3n) is 4.55. The summed E-state index contributed by atoms with van der Waals surface area (Å²) >= 11 is 1.32. The second-order valence-corrected chi connectivity index (χ2v) is 8.52. The summed E-state index contributed by atoms with van der Waals surface area (Å²) < 4.78 is 44.4. The Kier molecular flexibility index (Phi) is 6.51. The number of nitrogens with two attached hydrogens (primary N) is 1. The first kappa shape index (κ1) is 21.9. The van der Waals surface area contributed by atoms with E-state index in [4.69, 9.17) is 10.5 Å². The molecule has 0 aliphatic rings. The molecule has 1 aromatic heterocycles. The fourth-order valence-corrected chi connectivity index (χ4v) is 3.95. The van der Waals surface area contributed by atoms with Crippen molar-refractivity contribution in [2.45, 2.75) is 32.5 Å². The highest BCUT2D eigenvalue weighted by Gasteiger charge is 2.30. The molecule has 3 rings (SSSR count). The fraction of sp³-hybridized carbons (Fsp3) is 0.261. The number of benzene rings is 2. The van der Waals surface area contributed by atoms with Crippen LogP contribution in [0.1, 0.15) is 46.5 Å². The molecule has 3 nitrogen and oxygen atoms in total. The zero-order valence-corrected chi connectivity index (χ0v) is 17.4. The van der Waals surface area contributed by atoms with E-state index in [9.17, 15) is 18.0 Å². The molecule has 0 fully saturated rings. The van der Waals surface area contributed by atoms with Crippen LogP contribution in [0.2, 0.25) is 0 Å². The SMILES string of the molecule is CC(C)CC(Oc1ccc(-c2ccc(C(F)(F)F)cc2)cc1)c1ccc(C(N)=O)s1. The predicted molar refractivity (Wildman–Crippen MR) is 113 cm³/mol. The van der Waals surface area contributed by atoms with Gasteiger partial charge in [0.05, 0.1) is 10.4 Å². The molecule has 3 aromatic rings. The van der Waals surface area contributed by atoms with Gasteiger partial charge in [-0.3, -0.25) is 4.79 Å². The van der Waals surface area contributed by atoms with Crippen molar-refractivity contribution in [3.05, 3.63) is 76.0 Å². The number of ether oxygens (including phenoxy) is 1. The maximum atomic E-state index is 12.7. The first-order valence-electron chi connectivity index (χ1n) is 9.47. The summed E-state index contributed by atoms with van der Waals surface area (Å²) in [5, 5.41) is 0. The number of carbonyl (C=O) groups is 1. The summed E-state index contributed by atoms with van der Waals surface area (Å²) in [6, 6.07) is 15.8. The lowest BCUT2D eigenvalue weighted by molar-refractivity contribution is -0.137. The third-order valence-corrected chi connectivity index (χ3v) is 5.74. The molecule has 0 saturated heterocycles. The minimum Gasteiger partial charge on any atom is -0.485 e. The van der Waals surface area contributed by atoms with Crippen molar-refractivity contribution < 1.29 is 22.7 Å². The van der Waals surface area contributed by atoms with Crippen molar-refractivity contribution >= 4 is 17.2 Å². The quantitative estimate of drug-likeness (QED) is 0.451. The number of primary amides is 1. The summed E-state index contributed by atoms with van der Waals surface area (Å²) in [5.74, 6) is 0.557.